The van der Waals surface area contributed by atoms with Crippen LogP contribution in [0.4, 0.5) is 0 Å². The summed E-state index contributed by atoms with van der Waals surface area (Å²) in [6.07, 6.45) is 4.08. The highest BCUT2D eigenvalue weighted by Crippen LogP contribution is 2.32. The molecule has 1 unspecified atom stereocenters. The number of imide groups is 1. The molecule has 2 aliphatic rings. The van der Waals surface area contributed by atoms with Crippen LogP contribution in [0.1, 0.15) is 52.4 Å². The van der Waals surface area contributed by atoms with Crippen molar-refractivity contribution >= 4 is 35.3 Å². The molecule has 140 valence electrons. The second-order valence-corrected chi connectivity index (χ2v) is 8.28. The van der Waals surface area contributed by atoms with E-state index in [9.17, 15) is 19.2 Å². The van der Waals surface area contributed by atoms with E-state index in [0.29, 0.717) is 31.2 Å². The summed E-state index contributed by atoms with van der Waals surface area (Å²) in [4.78, 5) is 48.9. The zero-order valence-electron chi connectivity index (χ0n) is 15.1. The predicted molar refractivity (Wildman–Crippen MR) is 97.0 cm³/mol. The number of hydrogen-bond acceptors (Lipinski definition) is 5. The van der Waals surface area contributed by atoms with Crippen LogP contribution in [0.25, 0.3) is 0 Å². The molecule has 1 N–H and O–H groups in total. The molecule has 7 heteroatoms. The van der Waals surface area contributed by atoms with E-state index in [1.54, 1.807) is 0 Å². The van der Waals surface area contributed by atoms with Gasteiger partial charge in [0.05, 0.1) is 5.25 Å². The summed E-state index contributed by atoms with van der Waals surface area (Å²) in [6, 6.07) is 0. The van der Waals surface area contributed by atoms with Gasteiger partial charge in [-0.05, 0) is 45.4 Å². The molecule has 2 fully saturated rings. The molecule has 1 aliphatic carbocycles. The van der Waals surface area contributed by atoms with Crippen molar-refractivity contribution in [2.75, 3.05) is 18.8 Å². The monoisotopic (exact) mass is 368 g/mol. The highest BCUT2D eigenvalue weighted by atomic mass is 32.2. The van der Waals surface area contributed by atoms with Gasteiger partial charge in [0.1, 0.15) is 5.78 Å². The Morgan fingerprint density at radius 3 is 2.48 bits per heavy atom. The van der Waals surface area contributed by atoms with Gasteiger partial charge in [0.25, 0.3) is 0 Å². The van der Waals surface area contributed by atoms with Gasteiger partial charge in [-0.1, -0.05) is 0 Å². The lowest BCUT2D eigenvalue weighted by Gasteiger charge is -2.30. The van der Waals surface area contributed by atoms with Gasteiger partial charge in [-0.3, -0.25) is 24.1 Å². The molecule has 0 radical (unpaired) electrons. The maximum atomic E-state index is 12.5. The largest absolute Gasteiger partial charge is 0.356 e. The lowest BCUT2D eigenvalue weighted by Crippen LogP contribution is -2.38. The van der Waals surface area contributed by atoms with Gasteiger partial charge < -0.3 is 5.32 Å². The second kappa shape index (κ2) is 9.36. The Balaban J connectivity index is 1.79. The normalized spacial score (nSPS) is 26.8. The fourth-order valence-electron chi connectivity index (χ4n) is 3.50. The minimum Gasteiger partial charge on any atom is -0.356 e. The van der Waals surface area contributed by atoms with E-state index < -0.39 is 0 Å². The lowest BCUT2D eigenvalue weighted by atomic mass is 9.81. The Labute approximate surface area is 153 Å². The van der Waals surface area contributed by atoms with Gasteiger partial charge in [-0.25, -0.2) is 0 Å². The lowest BCUT2D eigenvalue weighted by molar-refractivity contribution is -0.139. The van der Waals surface area contributed by atoms with Crippen molar-refractivity contribution in [2.24, 2.45) is 11.8 Å². The number of hydrogen-bond donors (Lipinski definition) is 1. The van der Waals surface area contributed by atoms with Crippen molar-refractivity contribution in [2.45, 2.75) is 57.6 Å². The van der Waals surface area contributed by atoms with Crippen LogP contribution in [0.3, 0.4) is 0 Å². The van der Waals surface area contributed by atoms with Gasteiger partial charge in [0, 0.05) is 37.6 Å². The molecule has 0 aromatic heterocycles. The summed E-state index contributed by atoms with van der Waals surface area (Å²) >= 11 is 1.41. The van der Waals surface area contributed by atoms with Gasteiger partial charge in [0.15, 0.2) is 0 Å². The molecular weight excluding hydrogens is 340 g/mol. The van der Waals surface area contributed by atoms with Crippen LogP contribution >= 0.6 is 11.8 Å². The maximum Gasteiger partial charge on any atom is 0.242 e. The first-order chi connectivity index (χ1) is 11.9. The first-order valence-corrected chi connectivity index (χ1v) is 10.2. The molecule has 0 aromatic rings. The van der Waals surface area contributed by atoms with Crippen LogP contribution in [-0.4, -0.2) is 52.5 Å². The summed E-state index contributed by atoms with van der Waals surface area (Å²) in [6.45, 7) is 4.58. The summed E-state index contributed by atoms with van der Waals surface area (Å²) in [5, 5.41) is 2.53. The number of amides is 3. The summed E-state index contributed by atoms with van der Waals surface area (Å²) in [7, 11) is 0. The molecule has 1 saturated heterocycles. The second-order valence-electron chi connectivity index (χ2n) is 6.97. The molecule has 6 nitrogen and oxygen atoms in total. The summed E-state index contributed by atoms with van der Waals surface area (Å²) in [5.74, 6) is 0.960. The number of likely N-dealkylation sites (tertiary alicyclic amines) is 1. The molecule has 3 amide bonds. The maximum absolute atomic E-state index is 12.5. The third-order valence-electron chi connectivity index (χ3n) is 4.99. The third kappa shape index (κ3) is 5.56. The van der Waals surface area contributed by atoms with Crippen LogP contribution < -0.4 is 5.32 Å². The number of ketones is 1. The molecule has 1 aliphatic heterocycles. The van der Waals surface area contributed by atoms with Crippen molar-refractivity contribution in [1.29, 1.82) is 0 Å². The Morgan fingerprint density at radius 1 is 1.20 bits per heavy atom. The topological polar surface area (TPSA) is 83.6 Å². The SMILES string of the molecule is CCNC(=O)C1CCC(CN2C(=O)CC(SCCC(C)=O)C2=O)CC1. The summed E-state index contributed by atoms with van der Waals surface area (Å²) < 4.78 is 0. The number of nitrogens with zero attached hydrogens (tertiary/aromatic N) is 1. The van der Waals surface area contributed by atoms with E-state index in [1.165, 1.54) is 23.6 Å². The van der Waals surface area contributed by atoms with Crippen molar-refractivity contribution in [3.05, 3.63) is 0 Å². The fourth-order valence-corrected chi connectivity index (χ4v) is 4.72. The van der Waals surface area contributed by atoms with Gasteiger partial charge in [-0.2, -0.15) is 0 Å². The van der Waals surface area contributed by atoms with Crippen LogP contribution in [0, 0.1) is 11.8 Å². The number of rotatable bonds is 8. The Kier molecular flexibility index (Phi) is 7.47. The first-order valence-electron chi connectivity index (χ1n) is 9.15. The minimum atomic E-state index is -0.335. The smallest absolute Gasteiger partial charge is 0.242 e. The zero-order valence-corrected chi connectivity index (χ0v) is 15.9. The molecular formula is C18H28N2O4S. The molecule has 2 rings (SSSR count). The number of nitrogens with one attached hydrogen (secondary N) is 1. The van der Waals surface area contributed by atoms with Crippen LogP contribution in [0.2, 0.25) is 0 Å². The highest BCUT2D eigenvalue weighted by Gasteiger charge is 2.40. The van der Waals surface area contributed by atoms with Crippen LogP contribution in [0.15, 0.2) is 0 Å². The predicted octanol–water partition coefficient (Wildman–Crippen LogP) is 1.77. The molecule has 25 heavy (non-hydrogen) atoms. The van der Waals surface area contributed by atoms with Gasteiger partial charge >= 0.3 is 0 Å². The quantitative estimate of drug-likeness (QED) is 0.660. The average molecular weight is 368 g/mol. The Hall–Kier alpha value is -1.37. The summed E-state index contributed by atoms with van der Waals surface area (Å²) in [5.41, 5.74) is 0. The van der Waals surface area contributed by atoms with Crippen LogP contribution in [-0.2, 0) is 19.2 Å². The molecule has 1 heterocycles. The van der Waals surface area contributed by atoms with Crippen molar-refractivity contribution in [1.82, 2.24) is 10.2 Å². The van der Waals surface area contributed by atoms with Crippen LogP contribution in [0.5, 0.6) is 0 Å². The Morgan fingerprint density at radius 2 is 1.88 bits per heavy atom. The average Bonchev–Trinajstić information content (AvgIpc) is 2.83. The van der Waals surface area contributed by atoms with E-state index in [0.717, 1.165) is 25.7 Å². The van der Waals surface area contributed by atoms with E-state index >= 15 is 0 Å². The zero-order chi connectivity index (χ0) is 18.4. The fraction of sp³-hybridized carbons (Fsp3) is 0.778. The highest BCUT2D eigenvalue weighted by molar-refractivity contribution is 8.00. The number of carbonyl (C=O) groups is 4. The van der Waals surface area contributed by atoms with Crippen molar-refractivity contribution in [3.63, 3.8) is 0 Å². The van der Waals surface area contributed by atoms with E-state index in [2.05, 4.69) is 5.32 Å². The number of Topliss-reactive ketones (excluding diaryl/α,β-unsaturated/α-hetero) is 1. The van der Waals surface area contributed by atoms with Gasteiger partial charge in [-0.15, -0.1) is 11.8 Å². The Bertz CT molecular complexity index is 529. The van der Waals surface area contributed by atoms with E-state index in [4.69, 9.17) is 0 Å². The standard InChI is InChI=1S/C18H28N2O4S/c1-3-19-17(23)14-6-4-13(5-7-14)11-20-16(22)10-15(18(20)24)25-9-8-12(2)21/h13-15H,3-11H2,1-2H3,(H,19,23). The molecule has 0 bridgehead atoms. The molecule has 1 saturated carbocycles. The minimum absolute atomic E-state index is 0.0658. The van der Waals surface area contributed by atoms with E-state index in [1.807, 2.05) is 6.92 Å². The molecule has 0 aromatic carbocycles. The van der Waals surface area contributed by atoms with E-state index in [-0.39, 0.29) is 41.1 Å². The molecule has 1 atom stereocenters. The molecule has 0 spiro atoms. The van der Waals surface area contributed by atoms with Crippen molar-refractivity contribution < 1.29 is 19.2 Å². The number of carbonyl (C=O) groups excluding carboxylic acids is 4. The number of thioether (sulfide) groups is 1. The third-order valence-corrected chi connectivity index (χ3v) is 6.20. The van der Waals surface area contributed by atoms with Gasteiger partial charge in [0.2, 0.25) is 17.7 Å². The first kappa shape index (κ1) is 19.9. The van der Waals surface area contributed by atoms with Crippen molar-refractivity contribution in [3.8, 4) is 0 Å².